The lowest BCUT2D eigenvalue weighted by molar-refractivity contribution is 0.255. The number of ether oxygens (including phenoxy) is 1. The van der Waals surface area contributed by atoms with E-state index in [1.165, 1.54) is 5.56 Å². The molecule has 0 saturated heterocycles. The van der Waals surface area contributed by atoms with Gasteiger partial charge in [-0.25, -0.2) is 4.98 Å². The molecule has 5 heteroatoms. The Morgan fingerprint density at radius 2 is 2.37 bits per heavy atom. The minimum absolute atomic E-state index is 0.0995. The predicted octanol–water partition coefficient (Wildman–Crippen LogP) is 2.60. The number of nitrogens with zero attached hydrogens (tertiary/aromatic N) is 1. The average Bonchev–Trinajstić information content (AvgIpc) is 2.99. The van der Waals surface area contributed by atoms with Crippen molar-refractivity contribution in [1.82, 2.24) is 10.4 Å². The molecule has 100 valence electrons. The lowest BCUT2D eigenvalue weighted by Gasteiger charge is -2.28. The number of benzene rings is 1. The summed E-state index contributed by atoms with van der Waals surface area (Å²) in [4.78, 5) is 4.35. The molecule has 0 aliphatic carbocycles. The van der Waals surface area contributed by atoms with Crippen LogP contribution in [0.15, 0.2) is 35.2 Å². The van der Waals surface area contributed by atoms with E-state index in [-0.39, 0.29) is 6.04 Å². The van der Waals surface area contributed by atoms with Crippen LogP contribution < -0.4 is 16.0 Å². The van der Waals surface area contributed by atoms with Gasteiger partial charge in [-0.2, -0.15) is 0 Å². The Kier molecular flexibility index (Phi) is 3.77. The number of hydrazine groups is 1. The standard InChI is InChI=1S/C14H17N3OS/c15-17-12(13-8-19-9-16-13)7-10-5-6-18-14-4-2-1-3-11(10)14/h1-4,8-10,12,17H,5-7,15H2. The molecule has 0 bridgehead atoms. The molecule has 2 aromatic rings. The monoisotopic (exact) mass is 275 g/mol. The first kappa shape index (κ1) is 12.6. The molecule has 2 atom stereocenters. The first-order chi connectivity index (χ1) is 9.38. The zero-order valence-corrected chi connectivity index (χ0v) is 11.4. The van der Waals surface area contributed by atoms with Gasteiger partial charge >= 0.3 is 0 Å². The van der Waals surface area contributed by atoms with E-state index >= 15 is 0 Å². The zero-order chi connectivity index (χ0) is 13.1. The highest BCUT2D eigenvalue weighted by atomic mass is 32.1. The van der Waals surface area contributed by atoms with E-state index in [4.69, 9.17) is 10.6 Å². The van der Waals surface area contributed by atoms with Crippen molar-refractivity contribution in [3.63, 3.8) is 0 Å². The molecule has 19 heavy (non-hydrogen) atoms. The summed E-state index contributed by atoms with van der Waals surface area (Å²) in [6.45, 7) is 0.774. The fraction of sp³-hybridized carbons (Fsp3) is 0.357. The van der Waals surface area contributed by atoms with E-state index in [0.29, 0.717) is 5.92 Å². The van der Waals surface area contributed by atoms with Crippen LogP contribution in [-0.2, 0) is 0 Å². The number of aromatic nitrogens is 1. The maximum atomic E-state index is 5.69. The van der Waals surface area contributed by atoms with Crippen molar-refractivity contribution in [2.45, 2.75) is 24.8 Å². The van der Waals surface area contributed by atoms with Crippen molar-refractivity contribution >= 4 is 11.3 Å². The molecule has 1 aliphatic rings. The number of rotatable bonds is 4. The van der Waals surface area contributed by atoms with Crippen molar-refractivity contribution < 1.29 is 4.74 Å². The molecule has 4 nitrogen and oxygen atoms in total. The molecule has 0 radical (unpaired) electrons. The second kappa shape index (κ2) is 5.69. The molecular weight excluding hydrogens is 258 g/mol. The van der Waals surface area contributed by atoms with Gasteiger partial charge in [0.15, 0.2) is 0 Å². The molecule has 3 N–H and O–H groups in total. The molecule has 0 spiro atoms. The quantitative estimate of drug-likeness (QED) is 0.665. The number of nitrogens with one attached hydrogen (secondary N) is 1. The van der Waals surface area contributed by atoms with E-state index < -0.39 is 0 Å². The number of fused-ring (bicyclic) bond motifs is 1. The molecule has 3 rings (SSSR count). The van der Waals surface area contributed by atoms with Crippen molar-refractivity contribution in [3.8, 4) is 5.75 Å². The second-order valence-electron chi connectivity index (χ2n) is 4.74. The van der Waals surface area contributed by atoms with Gasteiger partial charge in [0.25, 0.3) is 0 Å². The molecule has 2 heterocycles. The van der Waals surface area contributed by atoms with Crippen LogP contribution in [0.25, 0.3) is 0 Å². The number of para-hydroxylation sites is 1. The molecule has 1 aliphatic heterocycles. The van der Waals surface area contributed by atoms with Crippen LogP contribution in [0.3, 0.4) is 0 Å². The topological polar surface area (TPSA) is 60.2 Å². The highest BCUT2D eigenvalue weighted by Gasteiger charge is 2.25. The predicted molar refractivity (Wildman–Crippen MR) is 76.1 cm³/mol. The van der Waals surface area contributed by atoms with Gasteiger partial charge in [0, 0.05) is 5.38 Å². The van der Waals surface area contributed by atoms with Gasteiger partial charge in [-0.15, -0.1) is 11.3 Å². The largest absolute Gasteiger partial charge is 0.493 e. The smallest absolute Gasteiger partial charge is 0.122 e. The summed E-state index contributed by atoms with van der Waals surface area (Å²) in [5.74, 6) is 7.16. The van der Waals surface area contributed by atoms with Gasteiger partial charge in [-0.3, -0.25) is 11.3 Å². The SMILES string of the molecule is NNC(CC1CCOc2ccccc21)c1cscn1. The summed E-state index contributed by atoms with van der Waals surface area (Å²) >= 11 is 1.60. The molecule has 0 saturated carbocycles. The van der Waals surface area contributed by atoms with Crippen molar-refractivity contribution in [3.05, 3.63) is 46.4 Å². The molecule has 0 fully saturated rings. The summed E-state index contributed by atoms with van der Waals surface area (Å²) < 4.78 is 5.69. The second-order valence-corrected chi connectivity index (χ2v) is 5.46. The minimum atomic E-state index is 0.0995. The first-order valence-corrected chi connectivity index (χ1v) is 7.38. The minimum Gasteiger partial charge on any atom is -0.493 e. The summed E-state index contributed by atoms with van der Waals surface area (Å²) in [7, 11) is 0. The van der Waals surface area contributed by atoms with Crippen LogP contribution >= 0.6 is 11.3 Å². The third-order valence-electron chi connectivity index (χ3n) is 3.61. The van der Waals surface area contributed by atoms with Crippen molar-refractivity contribution in [2.24, 2.45) is 5.84 Å². The van der Waals surface area contributed by atoms with Crippen LogP contribution in [0.1, 0.15) is 36.1 Å². The summed E-state index contributed by atoms with van der Waals surface area (Å²) in [5.41, 5.74) is 7.04. The van der Waals surface area contributed by atoms with Crippen LogP contribution in [0.2, 0.25) is 0 Å². The van der Waals surface area contributed by atoms with Crippen LogP contribution in [0.5, 0.6) is 5.75 Å². The number of thiazole rings is 1. The van der Waals surface area contributed by atoms with Crippen LogP contribution in [0, 0.1) is 0 Å². The number of nitrogens with two attached hydrogens (primary N) is 1. The maximum absolute atomic E-state index is 5.69. The van der Waals surface area contributed by atoms with Crippen LogP contribution in [-0.4, -0.2) is 11.6 Å². The molecule has 1 aromatic carbocycles. The fourth-order valence-corrected chi connectivity index (χ4v) is 3.22. The van der Waals surface area contributed by atoms with E-state index in [2.05, 4.69) is 27.9 Å². The van der Waals surface area contributed by atoms with Crippen LogP contribution in [0.4, 0.5) is 0 Å². The summed E-state index contributed by atoms with van der Waals surface area (Å²) in [6.07, 6.45) is 1.97. The van der Waals surface area contributed by atoms with E-state index in [9.17, 15) is 0 Å². The van der Waals surface area contributed by atoms with E-state index in [0.717, 1.165) is 30.9 Å². The highest BCUT2D eigenvalue weighted by molar-refractivity contribution is 7.07. The highest BCUT2D eigenvalue weighted by Crippen LogP contribution is 2.38. The van der Waals surface area contributed by atoms with Gasteiger partial charge < -0.3 is 4.74 Å². The number of hydrogen-bond acceptors (Lipinski definition) is 5. The lowest BCUT2D eigenvalue weighted by atomic mass is 9.87. The van der Waals surface area contributed by atoms with Crippen molar-refractivity contribution in [2.75, 3.05) is 6.61 Å². The Balaban J connectivity index is 1.80. The third kappa shape index (κ3) is 2.63. The summed E-state index contributed by atoms with van der Waals surface area (Å²) in [5, 5.41) is 2.05. The van der Waals surface area contributed by atoms with E-state index in [1.54, 1.807) is 11.3 Å². The molecule has 1 aromatic heterocycles. The van der Waals surface area contributed by atoms with Gasteiger partial charge in [0.05, 0.1) is 23.9 Å². The molecular formula is C14H17N3OS. The summed E-state index contributed by atoms with van der Waals surface area (Å²) in [6, 6.07) is 8.36. The Morgan fingerprint density at radius 3 is 3.16 bits per heavy atom. The Labute approximate surface area is 116 Å². The average molecular weight is 275 g/mol. The first-order valence-electron chi connectivity index (χ1n) is 6.44. The Morgan fingerprint density at radius 1 is 1.47 bits per heavy atom. The normalized spacial score (nSPS) is 19.5. The third-order valence-corrected chi connectivity index (χ3v) is 4.22. The molecule has 2 unspecified atom stereocenters. The van der Waals surface area contributed by atoms with Gasteiger partial charge in [0.2, 0.25) is 0 Å². The van der Waals surface area contributed by atoms with Gasteiger partial charge in [-0.05, 0) is 30.4 Å². The van der Waals surface area contributed by atoms with Crippen molar-refractivity contribution in [1.29, 1.82) is 0 Å². The molecule has 0 amide bonds. The Bertz CT molecular complexity index is 529. The van der Waals surface area contributed by atoms with Gasteiger partial charge in [0.1, 0.15) is 5.75 Å². The Hall–Kier alpha value is -1.43. The maximum Gasteiger partial charge on any atom is 0.122 e. The van der Waals surface area contributed by atoms with E-state index in [1.807, 2.05) is 17.6 Å². The van der Waals surface area contributed by atoms with Gasteiger partial charge in [-0.1, -0.05) is 18.2 Å². The fourth-order valence-electron chi connectivity index (χ4n) is 2.61. The number of hydrogen-bond donors (Lipinski definition) is 2. The zero-order valence-electron chi connectivity index (χ0n) is 10.6. The lowest BCUT2D eigenvalue weighted by Crippen LogP contribution is -2.30.